The first-order valence-corrected chi connectivity index (χ1v) is 7.78. The average Bonchev–Trinajstić information content (AvgIpc) is 2.74. The Morgan fingerprint density at radius 2 is 1.65 bits per heavy atom. The summed E-state index contributed by atoms with van der Waals surface area (Å²) in [5, 5.41) is 10.9. The van der Waals surface area contributed by atoms with Crippen LogP contribution in [0.5, 0.6) is 0 Å². The minimum absolute atomic E-state index is 0.0102. The maximum atomic E-state index is 12.1. The number of rotatable bonds is 2. The van der Waals surface area contributed by atoms with Gasteiger partial charge in [0.1, 0.15) is 11.3 Å². The molecule has 1 unspecified atom stereocenters. The number of ether oxygens (including phenoxy) is 1. The molecule has 0 radical (unpaired) electrons. The van der Waals surface area contributed by atoms with Crippen molar-refractivity contribution in [2.45, 2.75) is 26.9 Å². The molecule has 3 rings (SSSR count). The van der Waals surface area contributed by atoms with Crippen LogP contribution in [-0.4, -0.2) is 17.2 Å². The summed E-state index contributed by atoms with van der Waals surface area (Å²) in [5.74, 6) is -0.493. The summed E-state index contributed by atoms with van der Waals surface area (Å²) >= 11 is 5.95. The number of aryl methyl sites for hydroxylation is 2. The zero-order valence-corrected chi connectivity index (χ0v) is 13.9. The highest BCUT2D eigenvalue weighted by molar-refractivity contribution is 6.30. The molecular formula is C19H17ClO3. The molecule has 1 aliphatic heterocycles. The summed E-state index contributed by atoms with van der Waals surface area (Å²) in [7, 11) is 0. The van der Waals surface area contributed by atoms with Gasteiger partial charge in [0.05, 0.1) is 0 Å². The van der Waals surface area contributed by atoms with E-state index in [2.05, 4.69) is 0 Å². The maximum Gasteiger partial charge on any atom is 0.343 e. The third-order valence-electron chi connectivity index (χ3n) is 4.13. The standard InChI is InChI=1S/C19H17ClO3/c1-10-8-11(2)16(17-18(21)12(3)23-19(17)22)9-15(10)13-4-6-14(20)7-5-13/h4-9,12,21H,1-3H3. The molecule has 0 saturated carbocycles. The first kappa shape index (κ1) is 15.6. The number of aliphatic hydroxyl groups is 1. The van der Waals surface area contributed by atoms with Gasteiger partial charge >= 0.3 is 5.97 Å². The third-order valence-corrected chi connectivity index (χ3v) is 4.38. The monoisotopic (exact) mass is 328 g/mol. The second kappa shape index (κ2) is 5.74. The van der Waals surface area contributed by atoms with E-state index < -0.39 is 12.1 Å². The van der Waals surface area contributed by atoms with E-state index in [0.717, 1.165) is 22.3 Å². The highest BCUT2D eigenvalue weighted by Crippen LogP contribution is 2.35. The van der Waals surface area contributed by atoms with Crippen molar-refractivity contribution < 1.29 is 14.6 Å². The third kappa shape index (κ3) is 2.73. The van der Waals surface area contributed by atoms with Gasteiger partial charge in [-0.1, -0.05) is 29.8 Å². The zero-order chi connectivity index (χ0) is 16.7. The Balaban J connectivity index is 2.18. The summed E-state index contributed by atoms with van der Waals surface area (Å²) in [5.41, 5.74) is 4.97. The molecule has 0 aliphatic carbocycles. The Morgan fingerprint density at radius 3 is 2.22 bits per heavy atom. The lowest BCUT2D eigenvalue weighted by Gasteiger charge is -2.13. The topological polar surface area (TPSA) is 46.5 Å². The van der Waals surface area contributed by atoms with E-state index in [1.165, 1.54) is 0 Å². The number of cyclic esters (lactones) is 1. The van der Waals surface area contributed by atoms with Gasteiger partial charge in [-0.3, -0.25) is 0 Å². The summed E-state index contributed by atoms with van der Waals surface area (Å²) in [4.78, 5) is 12.1. The first-order valence-electron chi connectivity index (χ1n) is 7.40. The molecule has 118 valence electrons. The lowest BCUT2D eigenvalue weighted by Crippen LogP contribution is -2.05. The Hall–Kier alpha value is -2.26. The molecule has 0 amide bonds. The van der Waals surface area contributed by atoms with E-state index in [9.17, 15) is 9.90 Å². The number of aliphatic hydroxyl groups excluding tert-OH is 1. The van der Waals surface area contributed by atoms with Gasteiger partial charge in [-0.25, -0.2) is 4.79 Å². The second-order valence-corrected chi connectivity index (χ2v) is 6.23. The van der Waals surface area contributed by atoms with Gasteiger partial charge in [0.15, 0.2) is 6.10 Å². The smallest absolute Gasteiger partial charge is 0.343 e. The van der Waals surface area contributed by atoms with Gasteiger partial charge in [-0.2, -0.15) is 0 Å². The molecule has 0 saturated heterocycles. The van der Waals surface area contributed by atoms with Crippen molar-refractivity contribution >= 4 is 23.1 Å². The lowest BCUT2D eigenvalue weighted by molar-refractivity contribution is -0.137. The van der Waals surface area contributed by atoms with Gasteiger partial charge in [-0.15, -0.1) is 0 Å². The molecule has 1 aliphatic rings. The number of hydrogen-bond donors (Lipinski definition) is 1. The van der Waals surface area contributed by atoms with Crippen LogP contribution in [0, 0.1) is 13.8 Å². The quantitative estimate of drug-likeness (QED) is 0.802. The predicted molar refractivity (Wildman–Crippen MR) is 91.5 cm³/mol. The molecule has 2 aromatic rings. The highest BCUT2D eigenvalue weighted by Gasteiger charge is 2.33. The molecule has 3 nitrogen and oxygen atoms in total. The Bertz CT molecular complexity index is 819. The van der Waals surface area contributed by atoms with Crippen LogP contribution in [0.15, 0.2) is 42.2 Å². The van der Waals surface area contributed by atoms with Crippen LogP contribution in [-0.2, 0) is 9.53 Å². The first-order chi connectivity index (χ1) is 10.9. The molecule has 4 heteroatoms. The van der Waals surface area contributed by atoms with Gasteiger partial charge in [-0.05, 0) is 66.8 Å². The van der Waals surface area contributed by atoms with Crippen molar-refractivity contribution in [3.05, 3.63) is 63.9 Å². The van der Waals surface area contributed by atoms with Crippen LogP contribution in [0.3, 0.4) is 0 Å². The summed E-state index contributed by atoms with van der Waals surface area (Å²) in [6.45, 7) is 5.60. The molecule has 1 N–H and O–H groups in total. The molecule has 0 bridgehead atoms. The molecule has 1 atom stereocenters. The van der Waals surface area contributed by atoms with E-state index in [1.54, 1.807) is 6.92 Å². The van der Waals surface area contributed by atoms with E-state index in [-0.39, 0.29) is 11.3 Å². The molecular weight excluding hydrogens is 312 g/mol. The maximum absolute atomic E-state index is 12.1. The minimum Gasteiger partial charge on any atom is -0.507 e. The van der Waals surface area contributed by atoms with Crippen molar-refractivity contribution in [3.8, 4) is 11.1 Å². The van der Waals surface area contributed by atoms with Crippen molar-refractivity contribution in [2.24, 2.45) is 0 Å². The Morgan fingerprint density at radius 1 is 1.04 bits per heavy atom. The van der Waals surface area contributed by atoms with Crippen LogP contribution in [0.4, 0.5) is 0 Å². The fraction of sp³-hybridized carbons (Fsp3) is 0.211. The average molecular weight is 329 g/mol. The summed E-state index contributed by atoms with van der Waals surface area (Å²) < 4.78 is 5.11. The summed E-state index contributed by atoms with van der Waals surface area (Å²) in [6, 6.07) is 11.5. The Labute approximate surface area is 140 Å². The fourth-order valence-electron chi connectivity index (χ4n) is 2.89. The van der Waals surface area contributed by atoms with Crippen LogP contribution in [0.2, 0.25) is 5.02 Å². The molecule has 0 aromatic heterocycles. The largest absolute Gasteiger partial charge is 0.507 e. The van der Waals surface area contributed by atoms with Crippen molar-refractivity contribution in [1.82, 2.24) is 0 Å². The van der Waals surface area contributed by atoms with Gasteiger partial charge in [0.25, 0.3) is 0 Å². The number of esters is 1. The van der Waals surface area contributed by atoms with E-state index >= 15 is 0 Å². The molecule has 2 aromatic carbocycles. The van der Waals surface area contributed by atoms with E-state index in [4.69, 9.17) is 16.3 Å². The van der Waals surface area contributed by atoms with Crippen LogP contribution in [0.1, 0.15) is 23.6 Å². The number of hydrogen-bond acceptors (Lipinski definition) is 3. The van der Waals surface area contributed by atoms with Gasteiger partial charge in [0.2, 0.25) is 0 Å². The predicted octanol–water partition coefficient (Wildman–Crippen LogP) is 4.84. The zero-order valence-electron chi connectivity index (χ0n) is 13.2. The lowest BCUT2D eigenvalue weighted by atomic mass is 9.91. The summed E-state index contributed by atoms with van der Waals surface area (Å²) in [6.07, 6.45) is -0.600. The Kier molecular flexibility index (Phi) is 3.90. The van der Waals surface area contributed by atoms with Crippen molar-refractivity contribution in [2.75, 3.05) is 0 Å². The van der Waals surface area contributed by atoms with Gasteiger partial charge < -0.3 is 9.84 Å². The van der Waals surface area contributed by atoms with Gasteiger partial charge in [0, 0.05) is 5.02 Å². The number of benzene rings is 2. The molecule has 1 heterocycles. The highest BCUT2D eigenvalue weighted by atomic mass is 35.5. The number of halogens is 1. The second-order valence-electron chi connectivity index (χ2n) is 5.80. The molecule has 0 spiro atoms. The normalized spacial score (nSPS) is 17.6. The SMILES string of the molecule is Cc1cc(C)c(-c2ccc(Cl)cc2)cc1C1=C(O)C(C)OC1=O. The van der Waals surface area contributed by atoms with Crippen molar-refractivity contribution in [3.63, 3.8) is 0 Å². The fourth-order valence-corrected chi connectivity index (χ4v) is 3.02. The van der Waals surface area contributed by atoms with E-state index in [0.29, 0.717) is 10.6 Å². The van der Waals surface area contributed by atoms with Crippen LogP contribution >= 0.6 is 11.6 Å². The number of carbonyl (C=O) groups excluding carboxylic acids is 1. The van der Waals surface area contributed by atoms with E-state index in [1.807, 2.05) is 50.2 Å². The van der Waals surface area contributed by atoms with Crippen molar-refractivity contribution in [1.29, 1.82) is 0 Å². The molecule has 0 fully saturated rings. The molecule has 23 heavy (non-hydrogen) atoms. The minimum atomic E-state index is -0.600. The van der Waals surface area contributed by atoms with Crippen LogP contribution < -0.4 is 0 Å². The number of carbonyl (C=O) groups is 1. The van der Waals surface area contributed by atoms with Crippen LogP contribution in [0.25, 0.3) is 16.7 Å².